The van der Waals surface area contributed by atoms with Gasteiger partial charge in [-0.2, -0.15) is 0 Å². The lowest BCUT2D eigenvalue weighted by molar-refractivity contribution is -0.113. The summed E-state index contributed by atoms with van der Waals surface area (Å²) in [5, 5.41) is 9.06. The van der Waals surface area contributed by atoms with Crippen LogP contribution in [0.4, 0.5) is 4.39 Å². The lowest BCUT2D eigenvalue weighted by Gasteiger charge is -2.02. The third-order valence-corrected chi connectivity index (χ3v) is 2.09. The summed E-state index contributed by atoms with van der Waals surface area (Å²) in [6.07, 6.45) is 0. The third-order valence-electron chi connectivity index (χ3n) is 1.65. The Hall–Kier alpha value is -1.35. The molecule has 0 aliphatic rings. The minimum atomic E-state index is -0.621. The Morgan fingerprint density at radius 3 is 2.50 bits per heavy atom. The van der Waals surface area contributed by atoms with Crippen molar-refractivity contribution in [2.24, 2.45) is 0 Å². The third kappa shape index (κ3) is 2.12. The summed E-state index contributed by atoms with van der Waals surface area (Å²) in [6.45, 7) is 1.19. The normalized spacial score (nSPS) is 12.2. The van der Waals surface area contributed by atoms with E-state index < -0.39 is 17.4 Å². The zero-order valence-electron chi connectivity index (χ0n) is 7.42. The lowest BCUT2D eigenvalue weighted by atomic mass is 10.1. The van der Waals surface area contributed by atoms with Crippen LogP contribution in [-0.2, 0) is 4.79 Å². The summed E-state index contributed by atoms with van der Waals surface area (Å²) in [5.74, 6) is -1.66. The Bertz CT molecular complexity index is 399. The molecule has 0 aliphatic heterocycles. The molecule has 1 aromatic carbocycles. The van der Waals surface area contributed by atoms with Crippen LogP contribution in [0.15, 0.2) is 29.3 Å². The second-order valence-electron chi connectivity index (χ2n) is 2.70. The minimum Gasteiger partial charge on any atom is -0.506 e. The van der Waals surface area contributed by atoms with Gasteiger partial charge in [-0.3, -0.25) is 4.79 Å². The standard InChI is InChI=1S/C10H8ClFO2/c1-6(13)9(11)10(14)7-4-2-3-5-8(7)12/h2-5,14H,1H3/b10-9+. The molecule has 0 bridgehead atoms. The Labute approximate surface area is 85.6 Å². The van der Waals surface area contributed by atoms with Crippen molar-refractivity contribution in [1.29, 1.82) is 0 Å². The summed E-state index contributed by atoms with van der Waals surface area (Å²) < 4.78 is 13.1. The lowest BCUT2D eigenvalue weighted by Crippen LogP contribution is -1.97. The highest BCUT2D eigenvalue weighted by Crippen LogP contribution is 2.21. The van der Waals surface area contributed by atoms with Crippen molar-refractivity contribution in [3.05, 3.63) is 40.7 Å². The number of aliphatic hydroxyl groups is 1. The van der Waals surface area contributed by atoms with Gasteiger partial charge in [0.1, 0.15) is 16.6 Å². The van der Waals surface area contributed by atoms with E-state index in [1.807, 2.05) is 0 Å². The first-order valence-corrected chi connectivity index (χ1v) is 4.26. The highest BCUT2D eigenvalue weighted by Gasteiger charge is 2.13. The van der Waals surface area contributed by atoms with E-state index in [1.54, 1.807) is 6.07 Å². The number of carbonyl (C=O) groups excluding carboxylic acids is 1. The van der Waals surface area contributed by atoms with E-state index in [4.69, 9.17) is 11.6 Å². The number of aliphatic hydroxyl groups excluding tert-OH is 1. The van der Waals surface area contributed by atoms with E-state index in [0.717, 1.165) is 0 Å². The number of benzene rings is 1. The van der Waals surface area contributed by atoms with Gasteiger partial charge >= 0.3 is 0 Å². The maximum atomic E-state index is 13.1. The van der Waals surface area contributed by atoms with Crippen LogP contribution in [0.5, 0.6) is 0 Å². The molecule has 0 amide bonds. The van der Waals surface area contributed by atoms with Gasteiger partial charge in [-0.1, -0.05) is 23.7 Å². The average Bonchev–Trinajstić information content (AvgIpc) is 2.16. The van der Waals surface area contributed by atoms with Gasteiger partial charge in [0.2, 0.25) is 0 Å². The maximum absolute atomic E-state index is 13.1. The number of rotatable bonds is 2. The Kier molecular flexibility index (Phi) is 3.25. The Balaban J connectivity index is 3.25. The van der Waals surface area contributed by atoms with E-state index >= 15 is 0 Å². The minimum absolute atomic E-state index is 0.0762. The topological polar surface area (TPSA) is 37.3 Å². The highest BCUT2D eigenvalue weighted by molar-refractivity contribution is 6.44. The molecule has 0 radical (unpaired) electrons. The van der Waals surface area contributed by atoms with Crippen LogP contribution in [0, 0.1) is 5.82 Å². The molecule has 0 spiro atoms. The molecular formula is C10H8ClFO2. The van der Waals surface area contributed by atoms with Gasteiger partial charge in [0.15, 0.2) is 5.78 Å². The van der Waals surface area contributed by atoms with Crippen LogP contribution in [0.3, 0.4) is 0 Å². The summed E-state index contributed by atoms with van der Waals surface area (Å²) in [5.41, 5.74) is -0.0762. The van der Waals surface area contributed by atoms with Gasteiger partial charge in [-0.15, -0.1) is 0 Å². The van der Waals surface area contributed by atoms with Crippen LogP contribution >= 0.6 is 11.6 Å². The first-order chi connectivity index (χ1) is 6.54. The van der Waals surface area contributed by atoms with Gasteiger partial charge < -0.3 is 5.11 Å². The van der Waals surface area contributed by atoms with Gasteiger partial charge in [-0.25, -0.2) is 4.39 Å². The van der Waals surface area contributed by atoms with Crippen LogP contribution in [0.25, 0.3) is 5.76 Å². The van der Waals surface area contributed by atoms with Crippen molar-refractivity contribution in [2.75, 3.05) is 0 Å². The molecule has 0 saturated heterocycles. The fraction of sp³-hybridized carbons (Fsp3) is 0.100. The molecule has 0 saturated carbocycles. The van der Waals surface area contributed by atoms with Crippen molar-refractivity contribution < 1.29 is 14.3 Å². The molecule has 74 valence electrons. The molecule has 0 fully saturated rings. The number of allylic oxidation sites excluding steroid dienone is 1. The summed E-state index contributed by atoms with van der Waals surface area (Å²) in [4.78, 5) is 10.8. The quantitative estimate of drug-likeness (QED) is 0.607. The van der Waals surface area contributed by atoms with Crippen LogP contribution in [0.2, 0.25) is 0 Å². The van der Waals surface area contributed by atoms with Crippen molar-refractivity contribution in [1.82, 2.24) is 0 Å². The summed E-state index contributed by atoms with van der Waals surface area (Å²) in [7, 11) is 0. The fourth-order valence-electron chi connectivity index (χ4n) is 0.938. The number of Topliss-reactive ketones (excluding diaryl/α,β-unsaturated/α-hetero) is 1. The molecule has 0 aliphatic carbocycles. The van der Waals surface area contributed by atoms with E-state index in [1.165, 1.54) is 25.1 Å². The molecule has 0 unspecified atom stereocenters. The van der Waals surface area contributed by atoms with Crippen molar-refractivity contribution in [2.45, 2.75) is 6.92 Å². The number of carbonyl (C=O) groups is 1. The van der Waals surface area contributed by atoms with Crippen molar-refractivity contribution in [3.8, 4) is 0 Å². The smallest absolute Gasteiger partial charge is 0.174 e. The monoisotopic (exact) mass is 214 g/mol. The molecule has 1 N–H and O–H groups in total. The second-order valence-corrected chi connectivity index (χ2v) is 3.08. The average molecular weight is 215 g/mol. The predicted octanol–water partition coefficient (Wildman–Crippen LogP) is 2.88. The number of ketones is 1. The molecule has 0 aromatic heterocycles. The first kappa shape index (κ1) is 10.7. The zero-order valence-corrected chi connectivity index (χ0v) is 8.18. The molecule has 1 aromatic rings. The van der Waals surface area contributed by atoms with E-state index in [0.29, 0.717) is 0 Å². The molecule has 4 heteroatoms. The molecule has 2 nitrogen and oxygen atoms in total. The predicted molar refractivity (Wildman–Crippen MR) is 52.5 cm³/mol. The largest absolute Gasteiger partial charge is 0.506 e. The van der Waals surface area contributed by atoms with Gasteiger partial charge in [-0.05, 0) is 12.1 Å². The van der Waals surface area contributed by atoms with Gasteiger partial charge in [0.05, 0.1) is 5.56 Å². The number of hydrogen-bond acceptors (Lipinski definition) is 2. The van der Waals surface area contributed by atoms with Gasteiger partial charge in [0, 0.05) is 6.92 Å². The zero-order chi connectivity index (χ0) is 10.7. The molecule has 0 atom stereocenters. The van der Waals surface area contributed by atoms with Crippen LogP contribution < -0.4 is 0 Å². The first-order valence-electron chi connectivity index (χ1n) is 3.88. The van der Waals surface area contributed by atoms with E-state index in [9.17, 15) is 14.3 Å². The molecular weight excluding hydrogens is 207 g/mol. The fourth-order valence-corrected chi connectivity index (χ4v) is 1.04. The second kappa shape index (κ2) is 4.24. The molecule has 1 rings (SSSR count). The molecule has 14 heavy (non-hydrogen) atoms. The number of hydrogen-bond donors (Lipinski definition) is 1. The number of halogens is 2. The Morgan fingerprint density at radius 1 is 1.43 bits per heavy atom. The van der Waals surface area contributed by atoms with Crippen LogP contribution in [0.1, 0.15) is 12.5 Å². The maximum Gasteiger partial charge on any atom is 0.174 e. The van der Waals surface area contributed by atoms with E-state index in [-0.39, 0.29) is 10.6 Å². The van der Waals surface area contributed by atoms with Crippen molar-refractivity contribution >= 4 is 23.1 Å². The highest BCUT2D eigenvalue weighted by atomic mass is 35.5. The van der Waals surface area contributed by atoms with Gasteiger partial charge in [0.25, 0.3) is 0 Å². The summed E-state index contributed by atoms with van der Waals surface area (Å²) in [6, 6.07) is 5.54. The van der Waals surface area contributed by atoms with Crippen molar-refractivity contribution in [3.63, 3.8) is 0 Å². The SMILES string of the molecule is CC(=O)/C(Cl)=C(\O)c1ccccc1F. The molecule has 0 heterocycles. The van der Waals surface area contributed by atoms with E-state index in [2.05, 4.69) is 0 Å². The summed E-state index contributed by atoms with van der Waals surface area (Å²) >= 11 is 5.49. The Morgan fingerprint density at radius 2 is 2.00 bits per heavy atom. The van der Waals surface area contributed by atoms with Crippen LogP contribution in [-0.4, -0.2) is 10.9 Å².